The van der Waals surface area contributed by atoms with Gasteiger partial charge in [0, 0.05) is 37.9 Å². The third-order valence-electron chi connectivity index (χ3n) is 8.04. The molecule has 0 fully saturated rings. The molecule has 0 spiro atoms. The van der Waals surface area contributed by atoms with Crippen molar-refractivity contribution in [2.45, 2.75) is 0 Å². The number of hydrogen-bond donors (Lipinski definition) is 0. The molecule has 0 aliphatic heterocycles. The van der Waals surface area contributed by atoms with Crippen LogP contribution in [0.3, 0.4) is 0 Å². The summed E-state index contributed by atoms with van der Waals surface area (Å²) in [6.45, 7) is 0. The fourth-order valence-corrected chi connectivity index (χ4v) is 7.21. The molecule has 4 aromatic heterocycles. The summed E-state index contributed by atoms with van der Waals surface area (Å²) in [5.41, 5.74) is 8.84. The first-order valence-electron chi connectivity index (χ1n) is 14.3. The van der Waals surface area contributed by atoms with Crippen LogP contribution in [0.1, 0.15) is 0 Å². The fraction of sp³-hybridized carbons (Fsp3) is 0. The van der Waals surface area contributed by atoms with Crippen molar-refractivity contribution in [3.63, 3.8) is 0 Å². The van der Waals surface area contributed by atoms with Gasteiger partial charge in [-0.2, -0.15) is 0 Å². The molecule has 202 valence electrons. The van der Waals surface area contributed by atoms with Gasteiger partial charge in [-0.15, -0.1) is 11.3 Å². The van der Waals surface area contributed by atoms with E-state index in [1.165, 1.54) is 9.40 Å². The molecule has 0 atom stereocenters. The standard InChI is InChI=1S/C38H23N3OS/c1-4-12-24(13-5-1)30-23-31(40-37(39-30)25-14-6-2-7-15-25)26-20-21-32-29(22-26)34-36-35(28-18-10-11-19-33(28)43-36)42-38(34)41(32)27-16-8-3-9-17-27/h1-23H. The molecule has 0 unspecified atom stereocenters. The molecular formula is C38H23N3OS. The van der Waals surface area contributed by atoms with Crippen molar-refractivity contribution in [1.82, 2.24) is 14.5 Å². The Labute approximate surface area is 251 Å². The molecule has 0 aliphatic carbocycles. The van der Waals surface area contributed by atoms with Gasteiger partial charge in [0.1, 0.15) is 0 Å². The predicted octanol–water partition coefficient (Wildman–Crippen LogP) is 10.5. The quantitative estimate of drug-likeness (QED) is 0.212. The van der Waals surface area contributed by atoms with Crippen molar-refractivity contribution < 1.29 is 4.42 Å². The molecule has 4 nitrogen and oxygen atoms in total. The maximum Gasteiger partial charge on any atom is 0.214 e. The van der Waals surface area contributed by atoms with E-state index in [0.717, 1.165) is 66.7 Å². The van der Waals surface area contributed by atoms with Gasteiger partial charge < -0.3 is 4.42 Å². The first kappa shape index (κ1) is 24.1. The molecule has 43 heavy (non-hydrogen) atoms. The fourth-order valence-electron chi connectivity index (χ4n) is 6.03. The highest BCUT2D eigenvalue weighted by Crippen LogP contribution is 2.46. The smallest absolute Gasteiger partial charge is 0.214 e. The maximum absolute atomic E-state index is 6.72. The minimum atomic E-state index is 0.708. The van der Waals surface area contributed by atoms with Gasteiger partial charge in [-0.25, -0.2) is 9.97 Å². The van der Waals surface area contributed by atoms with Gasteiger partial charge in [-0.3, -0.25) is 4.57 Å². The number of para-hydroxylation sites is 1. The highest BCUT2D eigenvalue weighted by molar-refractivity contribution is 7.26. The Hall–Kier alpha value is -5.52. The number of nitrogens with zero attached hydrogens (tertiary/aromatic N) is 3. The lowest BCUT2D eigenvalue weighted by atomic mass is 10.0. The predicted molar refractivity (Wildman–Crippen MR) is 178 cm³/mol. The lowest BCUT2D eigenvalue weighted by Crippen LogP contribution is -1.96. The number of fused-ring (bicyclic) bond motifs is 7. The van der Waals surface area contributed by atoms with Crippen LogP contribution in [0.4, 0.5) is 0 Å². The molecule has 0 aliphatic rings. The van der Waals surface area contributed by atoms with E-state index in [1.54, 1.807) is 11.3 Å². The van der Waals surface area contributed by atoms with Crippen LogP contribution in [0.15, 0.2) is 144 Å². The average Bonchev–Trinajstić information content (AvgIpc) is 3.72. The lowest BCUT2D eigenvalue weighted by molar-refractivity contribution is 0.649. The lowest BCUT2D eigenvalue weighted by Gasteiger charge is -2.10. The number of furan rings is 1. The van der Waals surface area contributed by atoms with Gasteiger partial charge >= 0.3 is 0 Å². The Morgan fingerprint density at radius 1 is 0.558 bits per heavy atom. The third kappa shape index (κ3) is 3.83. The van der Waals surface area contributed by atoms with E-state index in [2.05, 4.69) is 102 Å². The van der Waals surface area contributed by atoms with E-state index in [1.807, 2.05) is 42.5 Å². The maximum atomic E-state index is 6.72. The molecule has 4 heterocycles. The summed E-state index contributed by atoms with van der Waals surface area (Å²) in [5, 5.41) is 3.43. The second kappa shape index (κ2) is 9.51. The highest BCUT2D eigenvalue weighted by Gasteiger charge is 2.23. The van der Waals surface area contributed by atoms with Crippen LogP contribution >= 0.6 is 11.3 Å². The molecule has 0 radical (unpaired) electrons. The second-order valence-corrected chi connectivity index (χ2v) is 11.7. The van der Waals surface area contributed by atoms with Gasteiger partial charge in [0.2, 0.25) is 5.71 Å². The Kier molecular flexibility index (Phi) is 5.33. The Morgan fingerprint density at radius 2 is 1.21 bits per heavy atom. The molecule has 5 heteroatoms. The normalized spacial score (nSPS) is 11.7. The van der Waals surface area contributed by atoms with E-state index in [-0.39, 0.29) is 0 Å². The summed E-state index contributed by atoms with van der Waals surface area (Å²) in [6, 6.07) is 48.1. The molecule has 5 aromatic carbocycles. The van der Waals surface area contributed by atoms with Gasteiger partial charge in [0.05, 0.1) is 27.0 Å². The largest absolute Gasteiger partial charge is 0.438 e. The molecule has 0 bridgehead atoms. The van der Waals surface area contributed by atoms with E-state index >= 15 is 0 Å². The number of benzene rings is 5. The summed E-state index contributed by atoms with van der Waals surface area (Å²) in [4.78, 5) is 10.1. The van der Waals surface area contributed by atoms with Crippen molar-refractivity contribution in [2.75, 3.05) is 0 Å². The second-order valence-electron chi connectivity index (χ2n) is 10.6. The van der Waals surface area contributed by atoms with Crippen molar-refractivity contribution >= 4 is 53.7 Å². The zero-order valence-electron chi connectivity index (χ0n) is 22.9. The molecule has 0 saturated heterocycles. The van der Waals surface area contributed by atoms with Crippen LogP contribution in [0.2, 0.25) is 0 Å². The van der Waals surface area contributed by atoms with Gasteiger partial charge in [-0.05, 0) is 42.5 Å². The summed E-state index contributed by atoms with van der Waals surface area (Å²) in [7, 11) is 0. The summed E-state index contributed by atoms with van der Waals surface area (Å²) < 4.78 is 11.4. The summed E-state index contributed by atoms with van der Waals surface area (Å²) in [5.74, 6) is 0.708. The van der Waals surface area contributed by atoms with Crippen LogP contribution in [0.25, 0.3) is 82.0 Å². The van der Waals surface area contributed by atoms with Crippen LogP contribution < -0.4 is 0 Å². The average molecular weight is 570 g/mol. The van der Waals surface area contributed by atoms with Crippen LogP contribution in [0, 0.1) is 0 Å². The van der Waals surface area contributed by atoms with Crippen molar-refractivity contribution in [2.24, 2.45) is 0 Å². The van der Waals surface area contributed by atoms with E-state index in [4.69, 9.17) is 14.4 Å². The summed E-state index contributed by atoms with van der Waals surface area (Å²) >= 11 is 1.79. The van der Waals surface area contributed by atoms with Crippen molar-refractivity contribution in [1.29, 1.82) is 0 Å². The van der Waals surface area contributed by atoms with Crippen LogP contribution in [-0.4, -0.2) is 14.5 Å². The molecule has 9 aromatic rings. The van der Waals surface area contributed by atoms with Crippen molar-refractivity contribution in [3.8, 4) is 39.6 Å². The van der Waals surface area contributed by atoms with E-state index in [9.17, 15) is 0 Å². The molecule has 9 rings (SSSR count). The Morgan fingerprint density at radius 3 is 1.98 bits per heavy atom. The SMILES string of the molecule is c1ccc(-c2cc(-c3ccc4c(c3)c3c5sc6ccccc6c5oc3n4-c3ccccc3)nc(-c3ccccc3)n2)cc1. The van der Waals surface area contributed by atoms with Gasteiger partial charge in [0.25, 0.3) is 0 Å². The van der Waals surface area contributed by atoms with Crippen LogP contribution in [0.5, 0.6) is 0 Å². The summed E-state index contributed by atoms with van der Waals surface area (Å²) in [6.07, 6.45) is 0. The zero-order valence-corrected chi connectivity index (χ0v) is 23.8. The van der Waals surface area contributed by atoms with E-state index < -0.39 is 0 Å². The minimum absolute atomic E-state index is 0.708. The highest BCUT2D eigenvalue weighted by atomic mass is 32.1. The molecule has 0 N–H and O–H groups in total. The van der Waals surface area contributed by atoms with Crippen LogP contribution in [-0.2, 0) is 0 Å². The minimum Gasteiger partial charge on any atom is -0.438 e. The number of thiophene rings is 1. The topological polar surface area (TPSA) is 43.9 Å². The first-order valence-corrected chi connectivity index (χ1v) is 15.1. The zero-order chi connectivity index (χ0) is 28.3. The number of rotatable bonds is 4. The van der Waals surface area contributed by atoms with Crippen molar-refractivity contribution in [3.05, 3.63) is 140 Å². The first-order chi connectivity index (χ1) is 21.3. The van der Waals surface area contributed by atoms with Gasteiger partial charge in [-0.1, -0.05) is 97.1 Å². The molecule has 0 amide bonds. The molecular weight excluding hydrogens is 547 g/mol. The monoisotopic (exact) mass is 569 g/mol. The molecule has 0 saturated carbocycles. The van der Waals surface area contributed by atoms with E-state index in [0.29, 0.717) is 5.82 Å². The van der Waals surface area contributed by atoms with Gasteiger partial charge in [0.15, 0.2) is 11.4 Å². The number of hydrogen-bond acceptors (Lipinski definition) is 4. The Balaban J connectivity index is 1.34. The number of aromatic nitrogens is 3. The third-order valence-corrected chi connectivity index (χ3v) is 9.21. The Bertz CT molecular complexity index is 2380.